The lowest BCUT2D eigenvalue weighted by Gasteiger charge is -2.34. The topological polar surface area (TPSA) is 148 Å². The molecule has 5 atom stereocenters. The van der Waals surface area contributed by atoms with Crippen LogP contribution in [-0.4, -0.2) is 81.2 Å². The van der Waals surface area contributed by atoms with E-state index in [0.717, 1.165) is 5.56 Å². The van der Waals surface area contributed by atoms with Crippen LogP contribution in [0.2, 0.25) is 0 Å². The molecular formula is C28H42N4O6. The second-order valence-corrected chi connectivity index (χ2v) is 11.0. The molecule has 0 unspecified atom stereocenters. The summed E-state index contributed by atoms with van der Waals surface area (Å²) in [4.78, 5) is 55.1. The molecule has 38 heavy (non-hydrogen) atoms. The third-order valence-electron chi connectivity index (χ3n) is 7.41. The minimum absolute atomic E-state index is 0.270. The summed E-state index contributed by atoms with van der Waals surface area (Å²) in [5, 5.41) is 27.7. The average Bonchev–Trinajstić information content (AvgIpc) is 3.36. The Kier molecular flexibility index (Phi) is 10.3. The van der Waals surface area contributed by atoms with Crippen LogP contribution in [0.3, 0.4) is 0 Å². The Bertz CT molecular complexity index is 983. The second-order valence-electron chi connectivity index (χ2n) is 11.0. The number of amides is 4. The van der Waals surface area contributed by atoms with Crippen LogP contribution in [0.1, 0.15) is 71.3 Å². The van der Waals surface area contributed by atoms with Crippen molar-refractivity contribution in [3.63, 3.8) is 0 Å². The quantitative estimate of drug-likeness (QED) is 0.298. The standard InChI is InChI=1S/C28H42N4O6/c1-18(33)23(34)15-9-5-8-13-20-24(35)31-28(2,3)27(38)30-21(17-19-11-6-4-7-12-19)26(37)32-16-10-14-22(32)25(36)29-20/h4,6-7,11-12,18,20-23,33-34H,5,8-10,13-17H2,1-3H3,(H,29,36)(H,30,38)(H,31,35)/t18-,20+,21+,22-,23+/m1/s1. The molecule has 2 aliphatic rings. The molecule has 0 bridgehead atoms. The maximum atomic E-state index is 13.6. The molecule has 2 fully saturated rings. The molecular weight excluding hydrogens is 488 g/mol. The number of fused-ring (bicyclic) bond motifs is 1. The van der Waals surface area contributed by atoms with Crippen LogP contribution in [0.4, 0.5) is 0 Å². The molecule has 0 radical (unpaired) electrons. The lowest BCUT2D eigenvalue weighted by atomic mass is 9.98. The zero-order valence-corrected chi connectivity index (χ0v) is 22.6. The zero-order chi connectivity index (χ0) is 27.9. The molecule has 0 aromatic heterocycles. The molecule has 1 aromatic rings. The first kappa shape index (κ1) is 29.6. The van der Waals surface area contributed by atoms with E-state index in [2.05, 4.69) is 16.0 Å². The van der Waals surface area contributed by atoms with Gasteiger partial charge in [0.15, 0.2) is 0 Å². The molecule has 1 aromatic carbocycles. The molecule has 10 nitrogen and oxygen atoms in total. The Morgan fingerprint density at radius 1 is 0.974 bits per heavy atom. The van der Waals surface area contributed by atoms with Crippen molar-refractivity contribution in [3.05, 3.63) is 35.9 Å². The highest BCUT2D eigenvalue weighted by molar-refractivity contribution is 5.99. The number of carbonyl (C=O) groups is 4. The van der Waals surface area contributed by atoms with Crippen LogP contribution in [0, 0.1) is 0 Å². The van der Waals surface area contributed by atoms with E-state index < -0.39 is 47.7 Å². The van der Waals surface area contributed by atoms with Crippen LogP contribution in [-0.2, 0) is 25.6 Å². The van der Waals surface area contributed by atoms with Crippen molar-refractivity contribution in [2.24, 2.45) is 0 Å². The Balaban J connectivity index is 1.77. The lowest BCUT2D eigenvalue weighted by molar-refractivity contribution is -0.144. The van der Waals surface area contributed by atoms with E-state index >= 15 is 0 Å². The Labute approximate surface area is 224 Å². The fourth-order valence-electron chi connectivity index (χ4n) is 5.00. The summed E-state index contributed by atoms with van der Waals surface area (Å²) in [5.74, 6) is -1.62. The first-order chi connectivity index (χ1) is 18.0. The summed E-state index contributed by atoms with van der Waals surface area (Å²) < 4.78 is 0. The predicted octanol–water partition coefficient (Wildman–Crippen LogP) is 0.790. The van der Waals surface area contributed by atoms with Crippen molar-refractivity contribution in [3.8, 4) is 0 Å². The van der Waals surface area contributed by atoms with Crippen LogP contribution < -0.4 is 16.0 Å². The summed E-state index contributed by atoms with van der Waals surface area (Å²) in [6.07, 6.45) is 2.56. The van der Waals surface area contributed by atoms with Gasteiger partial charge in [-0.05, 0) is 52.0 Å². The number of nitrogens with zero attached hydrogens (tertiary/aromatic N) is 1. The van der Waals surface area contributed by atoms with Gasteiger partial charge in [-0.2, -0.15) is 0 Å². The van der Waals surface area contributed by atoms with Crippen molar-refractivity contribution >= 4 is 23.6 Å². The normalized spacial score (nSPS) is 25.8. The summed E-state index contributed by atoms with van der Waals surface area (Å²) in [6.45, 7) is 5.09. The number of benzene rings is 1. The summed E-state index contributed by atoms with van der Waals surface area (Å²) in [6, 6.07) is 6.92. The van der Waals surface area contributed by atoms with Crippen LogP contribution in [0.25, 0.3) is 0 Å². The predicted molar refractivity (Wildman–Crippen MR) is 142 cm³/mol. The Morgan fingerprint density at radius 3 is 2.37 bits per heavy atom. The Hall–Kier alpha value is -2.98. The van der Waals surface area contributed by atoms with Crippen molar-refractivity contribution in [2.45, 2.75) is 108 Å². The van der Waals surface area contributed by atoms with Gasteiger partial charge in [-0.1, -0.05) is 49.6 Å². The van der Waals surface area contributed by atoms with Gasteiger partial charge >= 0.3 is 0 Å². The van der Waals surface area contributed by atoms with Crippen molar-refractivity contribution in [1.82, 2.24) is 20.9 Å². The van der Waals surface area contributed by atoms with Gasteiger partial charge in [-0.25, -0.2) is 0 Å². The molecule has 0 spiro atoms. The van der Waals surface area contributed by atoms with Crippen LogP contribution in [0.15, 0.2) is 30.3 Å². The molecule has 10 heteroatoms. The van der Waals surface area contributed by atoms with E-state index in [0.29, 0.717) is 51.5 Å². The van der Waals surface area contributed by atoms with Gasteiger partial charge in [0.2, 0.25) is 23.6 Å². The van der Waals surface area contributed by atoms with Gasteiger partial charge in [0.25, 0.3) is 0 Å². The largest absolute Gasteiger partial charge is 0.391 e. The Morgan fingerprint density at radius 2 is 1.68 bits per heavy atom. The first-order valence-electron chi connectivity index (χ1n) is 13.6. The second kappa shape index (κ2) is 13.2. The van der Waals surface area contributed by atoms with Gasteiger partial charge in [-0.15, -0.1) is 0 Å². The SMILES string of the molecule is C[C@@H](O)[C@@H](O)CCCCC[C@@H]1NC(=O)[C@H]2CCCN2C(=O)[C@H](Cc2ccccc2)NC(=O)C(C)(C)NC1=O. The number of unbranched alkanes of at least 4 members (excludes halogenated alkanes) is 2. The van der Waals surface area contributed by atoms with Crippen molar-refractivity contribution in [1.29, 1.82) is 0 Å². The smallest absolute Gasteiger partial charge is 0.246 e. The van der Waals surface area contributed by atoms with Gasteiger partial charge in [0.05, 0.1) is 12.2 Å². The van der Waals surface area contributed by atoms with E-state index in [-0.39, 0.29) is 18.2 Å². The maximum absolute atomic E-state index is 13.6. The average molecular weight is 531 g/mol. The lowest BCUT2D eigenvalue weighted by Crippen LogP contribution is -2.64. The number of rotatable bonds is 9. The van der Waals surface area contributed by atoms with Gasteiger partial charge < -0.3 is 31.1 Å². The highest BCUT2D eigenvalue weighted by Gasteiger charge is 2.42. The fraction of sp³-hybridized carbons (Fsp3) is 0.643. The molecule has 0 saturated carbocycles. The van der Waals surface area contributed by atoms with Crippen LogP contribution in [0.5, 0.6) is 0 Å². The van der Waals surface area contributed by atoms with E-state index in [4.69, 9.17) is 0 Å². The van der Waals surface area contributed by atoms with Gasteiger partial charge in [0, 0.05) is 13.0 Å². The highest BCUT2D eigenvalue weighted by atomic mass is 16.3. The summed E-state index contributed by atoms with van der Waals surface area (Å²) in [5.41, 5.74) is -0.443. The van der Waals surface area contributed by atoms with Crippen LogP contribution >= 0.6 is 0 Å². The van der Waals surface area contributed by atoms with Crippen molar-refractivity contribution in [2.75, 3.05) is 6.54 Å². The number of hydrogen-bond acceptors (Lipinski definition) is 6. The number of aliphatic hydroxyl groups excluding tert-OH is 2. The minimum atomic E-state index is -1.32. The maximum Gasteiger partial charge on any atom is 0.246 e. The van der Waals surface area contributed by atoms with E-state index in [1.54, 1.807) is 13.8 Å². The van der Waals surface area contributed by atoms with E-state index in [9.17, 15) is 29.4 Å². The highest BCUT2D eigenvalue weighted by Crippen LogP contribution is 2.21. The van der Waals surface area contributed by atoms with E-state index in [1.165, 1.54) is 11.8 Å². The third-order valence-corrected chi connectivity index (χ3v) is 7.41. The number of carbonyl (C=O) groups excluding carboxylic acids is 4. The molecule has 5 N–H and O–H groups in total. The molecule has 2 saturated heterocycles. The van der Waals surface area contributed by atoms with Crippen molar-refractivity contribution < 1.29 is 29.4 Å². The molecule has 210 valence electrons. The minimum Gasteiger partial charge on any atom is -0.391 e. The molecule has 3 rings (SSSR count). The monoisotopic (exact) mass is 530 g/mol. The number of aliphatic hydroxyl groups is 2. The number of nitrogens with one attached hydrogen (secondary N) is 3. The summed E-state index contributed by atoms with van der Waals surface area (Å²) >= 11 is 0. The third kappa shape index (κ3) is 7.77. The summed E-state index contributed by atoms with van der Waals surface area (Å²) in [7, 11) is 0. The van der Waals surface area contributed by atoms with Gasteiger partial charge in [-0.3, -0.25) is 19.2 Å². The molecule has 2 heterocycles. The molecule has 2 aliphatic heterocycles. The molecule has 0 aliphatic carbocycles. The van der Waals surface area contributed by atoms with E-state index in [1.807, 2.05) is 30.3 Å². The van der Waals surface area contributed by atoms with Gasteiger partial charge in [0.1, 0.15) is 23.7 Å². The first-order valence-corrected chi connectivity index (χ1v) is 13.6. The molecule has 4 amide bonds. The zero-order valence-electron chi connectivity index (χ0n) is 22.6. The number of hydrogen-bond donors (Lipinski definition) is 5. The fourth-order valence-corrected chi connectivity index (χ4v) is 5.00.